The Kier molecular flexibility index (Phi) is 4.93. The van der Waals surface area contributed by atoms with Crippen molar-refractivity contribution in [2.24, 2.45) is 0 Å². The van der Waals surface area contributed by atoms with Crippen LogP contribution in [0.1, 0.15) is 24.6 Å². The van der Waals surface area contributed by atoms with Gasteiger partial charge in [0.2, 0.25) is 5.91 Å². The van der Waals surface area contributed by atoms with Gasteiger partial charge in [0.25, 0.3) is 0 Å². The number of amides is 1. The van der Waals surface area contributed by atoms with Gasteiger partial charge in [-0.25, -0.2) is 0 Å². The molecule has 0 radical (unpaired) electrons. The molecule has 116 valence electrons. The minimum atomic E-state index is 0.0186. The van der Waals surface area contributed by atoms with Gasteiger partial charge in [-0.1, -0.05) is 6.07 Å². The Morgan fingerprint density at radius 3 is 2.76 bits per heavy atom. The molecule has 1 aliphatic heterocycles. The van der Waals surface area contributed by atoms with Gasteiger partial charge >= 0.3 is 0 Å². The fourth-order valence-corrected chi connectivity index (χ4v) is 3.51. The Hall–Kier alpha value is -0.910. The molecular formula is C16H25N3OS. The van der Waals surface area contributed by atoms with Crippen LogP contribution < -0.4 is 5.32 Å². The van der Waals surface area contributed by atoms with E-state index < -0.39 is 0 Å². The molecular weight excluding hydrogens is 282 g/mol. The summed E-state index contributed by atoms with van der Waals surface area (Å²) in [6.07, 6.45) is 3.47. The van der Waals surface area contributed by atoms with Gasteiger partial charge < -0.3 is 10.2 Å². The summed E-state index contributed by atoms with van der Waals surface area (Å²) in [5.41, 5.74) is 0. The topological polar surface area (TPSA) is 35.6 Å². The van der Waals surface area contributed by atoms with Crippen LogP contribution in [0.2, 0.25) is 0 Å². The first-order chi connectivity index (χ1) is 10.2. The number of nitrogens with zero attached hydrogens (tertiary/aromatic N) is 2. The number of hydrogen-bond acceptors (Lipinski definition) is 4. The van der Waals surface area contributed by atoms with Crippen LogP contribution in [-0.2, 0) is 11.2 Å². The van der Waals surface area contributed by atoms with Crippen molar-refractivity contribution in [1.82, 2.24) is 15.1 Å². The highest BCUT2D eigenvalue weighted by Gasteiger charge is 2.29. The molecule has 1 N–H and O–H groups in total. The molecule has 1 aliphatic carbocycles. The van der Waals surface area contributed by atoms with E-state index in [0.717, 1.165) is 52.0 Å². The summed E-state index contributed by atoms with van der Waals surface area (Å²) < 4.78 is 0. The maximum absolute atomic E-state index is 12.1. The molecule has 0 unspecified atom stereocenters. The average Bonchev–Trinajstić information content (AvgIpc) is 3.16. The number of carbonyl (C=O) groups excluding carboxylic acids is 1. The van der Waals surface area contributed by atoms with Gasteiger partial charge in [-0.05, 0) is 37.6 Å². The minimum absolute atomic E-state index is 0.0186. The fraction of sp³-hybridized carbons (Fsp3) is 0.688. The Morgan fingerprint density at radius 1 is 1.38 bits per heavy atom. The van der Waals surface area contributed by atoms with E-state index in [1.54, 1.807) is 0 Å². The van der Waals surface area contributed by atoms with Crippen LogP contribution in [0.4, 0.5) is 0 Å². The van der Waals surface area contributed by atoms with Gasteiger partial charge in [-0.15, -0.1) is 11.3 Å². The lowest BCUT2D eigenvalue weighted by Crippen LogP contribution is -2.54. The molecule has 4 nitrogen and oxygen atoms in total. The zero-order chi connectivity index (χ0) is 14.7. The van der Waals surface area contributed by atoms with Gasteiger partial charge in [0.15, 0.2) is 0 Å². The molecule has 1 amide bonds. The number of piperazine rings is 1. The molecule has 0 aromatic carbocycles. The summed E-state index contributed by atoms with van der Waals surface area (Å²) in [5, 5.41) is 5.26. The van der Waals surface area contributed by atoms with Gasteiger partial charge in [0.05, 0.1) is 6.04 Å². The number of carbonyl (C=O) groups is 1. The average molecular weight is 307 g/mol. The van der Waals surface area contributed by atoms with Crippen molar-refractivity contribution < 1.29 is 4.79 Å². The second-order valence-electron chi connectivity index (χ2n) is 6.17. The summed E-state index contributed by atoms with van der Waals surface area (Å²) in [4.78, 5) is 18.4. The third-order valence-corrected chi connectivity index (χ3v) is 5.45. The minimum Gasteiger partial charge on any atom is -0.352 e. The summed E-state index contributed by atoms with van der Waals surface area (Å²) in [5.74, 6) is 0.213. The molecule has 1 aromatic rings. The lowest BCUT2D eigenvalue weighted by molar-refractivity contribution is -0.126. The molecule has 1 saturated carbocycles. The SMILES string of the molecule is C[C@@H](C(=O)NC1CC1)N1CCN(CCc2cccs2)CC1. The monoisotopic (exact) mass is 307 g/mol. The van der Waals surface area contributed by atoms with Gasteiger partial charge in [-0.2, -0.15) is 0 Å². The van der Waals surface area contributed by atoms with Crippen molar-refractivity contribution >= 4 is 17.2 Å². The first kappa shape index (κ1) is 15.0. The molecule has 0 spiro atoms. The zero-order valence-corrected chi connectivity index (χ0v) is 13.6. The smallest absolute Gasteiger partial charge is 0.237 e. The van der Waals surface area contributed by atoms with E-state index in [1.165, 1.54) is 4.88 Å². The molecule has 2 aliphatic rings. The van der Waals surface area contributed by atoms with Gasteiger partial charge in [-0.3, -0.25) is 9.69 Å². The lowest BCUT2D eigenvalue weighted by Gasteiger charge is -2.37. The van der Waals surface area contributed by atoms with E-state index >= 15 is 0 Å². The quantitative estimate of drug-likeness (QED) is 0.867. The highest BCUT2D eigenvalue weighted by atomic mass is 32.1. The van der Waals surface area contributed by atoms with Crippen molar-refractivity contribution in [2.75, 3.05) is 32.7 Å². The first-order valence-corrected chi connectivity index (χ1v) is 8.89. The summed E-state index contributed by atoms with van der Waals surface area (Å²) >= 11 is 1.84. The highest BCUT2D eigenvalue weighted by molar-refractivity contribution is 7.09. The predicted molar refractivity (Wildman–Crippen MR) is 86.7 cm³/mol. The number of thiophene rings is 1. The molecule has 1 saturated heterocycles. The van der Waals surface area contributed by atoms with Gasteiger partial charge in [0, 0.05) is 43.6 Å². The number of rotatable bonds is 6. The number of nitrogens with one attached hydrogen (secondary N) is 1. The molecule has 1 aromatic heterocycles. The molecule has 0 bridgehead atoms. The van der Waals surface area contributed by atoms with Crippen LogP contribution in [0, 0.1) is 0 Å². The second kappa shape index (κ2) is 6.90. The van der Waals surface area contributed by atoms with Crippen LogP contribution in [0.3, 0.4) is 0 Å². The predicted octanol–water partition coefficient (Wildman–Crippen LogP) is 1.58. The van der Waals surface area contributed by atoms with E-state index in [-0.39, 0.29) is 11.9 Å². The number of hydrogen-bond donors (Lipinski definition) is 1. The van der Waals surface area contributed by atoms with Gasteiger partial charge in [0.1, 0.15) is 0 Å². The molecule has 1 atom stereocenters. The highest BCUT2D eigenvalue weighted by Crippen LogP contribution is 2.19. The Bertz CT molecular complexity index is 450. The molecule has 2 fully saturated rings. The first-order valence-electron chi connectivity index (χ1n) is 8.01. The third-order valence-electron chi connectivity index (χ3n) is 4.51. The lowest BCUT2D eigenvalue weighted by atomic mass is 10.2. The third kappa shape index (κ3) is 4.28. The Morgan fingerprint density at radius 2 is 2.14 bits per heavy atom. The molecule has 5 heteroatoms. The summed E-state index contributed by atoms with van der Waals surface area (Å²) in [6.45, 7) is 7.34. The molecule has 3 rings (SSSR count). The van der Waals surface area contributed by atoms with Crippen LogP contribution in [0.5, 0.6) is 0 Å². The second-order valence-corrected chi connectivity index (χ2v) is 7.20. The Balaban J connectivity index is 1.38. The van der Waals surface area contributed by atoms with Crippen molar-refractivity contribution in [3.63, 3.8) is 0 Å². The van der Waals surface area contributed by atoms with Crippen LogP contribution in [0.15, 0.2) is 17.5 Å². The van der Waals surface area contributed by atoms with Crippen molar-refractivity contribution in [2.45, 2.75) is 38.3 Å². The van der Waals surface area contributed by atoms with Crippen molar-refractivity contribution in [1.29, 1.82) is 0 Å². The summed E-state index contributed by atoms with van der Waals surface area (Å²) in [6, 6.07) is 4.82. The molecule has 2 heterocycles. The van der Waals surface area contributed by atoms with Crippen molar-refractivity contribution in [3.8, 4) is 0 Å². The van der Waals surface area contributed by atoms with E-state index in [0.29, 0.717) is 6.04 Å². The maximum atomic E-state index is 12.1. The fourth-order valence-electron chi connectivity index (χ4n) is 2.81. The van der Waals surface area contributed by atoms with E-state index in [9.17, 15) is 4.79 Å². The van der Waals surface area contributed by atoms with Crippen LogP contribution >= 0.6 is 11.3 Å². The normalized spacial score (nSPS) is 22.1. The van der Waals surface area contributed by atoms with E-state index in [1.807, 2.05) is 18.3 Å². The Labute approximate surface area is 131 Å². The van der Waals surface area contributed by atoms with E-state index in [4.69, 9.17) is 0 Å². The summed E-state index contributed by atoms with van der Waals surface area (Å²) in [7, 11) is 0. The molecule has 21 heavy (non-hydrogen) atoms. The zero-order valence-electron chi connectivity index (χ0n) is 12.8. The van der Waals surface area contributed by atoms with E-state index in [2.05, 4.69) is 32.6 Å². The largest absolute Gasteiger partial charge is 0.352 e. The van der Waals surface area contributed by atoms with Crippen LogP contribution in [-0.4, -0.2) is 60.5 Å². The standard InChI is InChI=1S/C16H25N3OS/c1-13(16(20)17-14-4-5-14)19-10-8-18(9-11-19)7-6-15-3-2-12-21-15/h2-3,12-14H,4-11H2,1H3,(H,17,20)/t13-/m0/s1. The maximum Gasteiger partial charge on any atom is 0.237 e. The van der Waals surface area contributed by atoms with Crippen molar-refractivity contribution in [3.05, 3.63) is 22.4 Å². The van der Waals surface area contributed by atoms with Crippen LogP contribution in [0.25, 0.3) is 0 Å².